The molecule has 0 spiro atoms. The highest BCUT2D eigenvalue weighted by atomic mass is 19.4. The highest BCUT2D eigenvalue weighted by Gasteiger charge is 2.43. The first-order valence-corrected chi connectivity index (χ1v) is 5.94. The molecule has 0 bridgehead atoms. The van der Waals surface area contributed by atoms with Gasteiger partial charge in [0.2, 0.25) is 5.75 Å². The van der Waals surface area contributed by atoms with Gasteiger partial charge in [-0.05, 0) is 17.7 Å². The molecule has 124 valence electrons. The van der Waals surface area contributed by atoms with Crippen molar-refractivity contribution in [2.45, 2.75) is 12.3 Å². The van der Waals surface area contributed by atoms with Crippen LogP contribution in [-0.4, -0.2) is 45.2 Å². The molecule has 0 saturated heterocycles. The van der Waals surface area contributed by atoms with Gasteiger partial charge in [0, 0.05) is 0 Å². The predicted molar refractivity (Wildman–Crippen MR) is 68.5 cm³/mol. The average Bonchev–Trinajstić information content (AvgIpc) is 2.44. The van der Waals surface area contributed by atoms with E-state index in [-0.39, 0.29) is 22.8 Å². The van der Waals surface area contributed by atoms with E-state index in [1.165, 1.54) is 21.3 Å². The zero-order valence-corrected chi connectivity index (χ0v) is 12.1. The molecule has 0 aliphatic rings. The molecule has 0 amide bonds. The standard InChI is InChI=1S/C13H15F3O6/c1-19-8-4-7(5-9(20-2)11(8)21-3)12(13(14,15)16)22-6-10(17)18/h4-5,12H,6H2,1-3H3,(H,17,18). The van der Waals surface area contributed by atoms with Gasteiger partial charge >= 0.3 is 12.1 Å². The first-order valence-electron chi connectivity index (χ1n) is 5.94. The number of carboxylic acid groups (broad SMARTS) is 1. The number of methoxy groups -OCH3 is 3. The molecule has 0 radical (unpaired) electrons. The Morgan fingerprint density at radius 2 is 1.64 bits per heavy atom. The summed E-state index contributed by atoms with van der Waals surface area (Å²) >= 11 is 0. The predicted octanol–water partition coefficient (Wildman–Crippen LogP) is 2.42. The Bertz CT molecular complexity index is 504. The maximum absolute atomic E-state index is 13.1. The molecule has 1 aromatic carbocycles. The van der Waals surface area contributed by atoms with E-state index in [1.807, 2.05) is 0 Å². The van der Waals surface area contributed by atoms with E-state index in [9.17, 15) is 18.0 Å². The number of hydrogen-bond donors (Lipinski definition) is 1. The van der Waals surface area contributed by atoms with E-state index in [0.29, 0.717) is 0 Å². The van der Waals surface area contributed by atoms with Gasteiger partial charge in [0.1, 0.15) is 6.61 Å². The fourth-order valence-electron chi connectivity index (χ4n) is 1.79. The monoisotopic (exact) mass is 324 g/mol. The molecule has 22 heavy (non-hydrogen) atoms. The van der Waals surface area contributed by atoms with Crippen LogP contribution in [0.25, 0.3) is 0 Å². The average molecular weight is 324 g/mol. The molecule has 6 nitrogen and oxygen atoms in total. The lowest BCUT2D eigenvalue weighted by Gasteiger charge is -2.22. The number of carboxylic acids is 1. The molecule has 0 aliphatic heterocycles. The van der Waals surface area contributed by atoms with Gasteiger partial charge in [-0.2, -0.15) is 13.2 Å². The van der Waals surface area contributed by atoms with Crippen LogP contribution < -0.4 is 14.2 Å². The highest BCUT2D eigenvalue weighted by molar-refractivity contribution is 5.68. The molecule has 0 aromatic heterocycles. The fraction of sp³-hybridized carbons (Fsp3) is 0.462. The summed E-state index contributed by atoms with van der Waals surface area (Å²) in [5, 5.41) is 8.50. The van der Waals surface area contributed by atoms with Crippen molar-refractivity contribution in [2.24, 2.45) is 0 Å². The first kappa shape index (κ1) is 17.9. The van der Waals surface area contributed by atoms with Crippen LogP contribution in [0.1, 0.15) is 11.7 Å². The van der Waals surface area contributed by atoms with E-state index in [2.05, 4.69) is 4.74 Å². The summed E-state index contributed by atoms with van der Waals surface area (Å²) in [7, 11) is 3.81. The second-order valence-corrected chi connectivity index (χ2v) is 4.09. The minimum atomic E-state index is -4.81. The summed E-state index contributed by atoms with van der Waals surface area (Å²) in [6, 6.07) is 2.11. The maximum atomic E-state index is 13.1. The third-order valence-electron chi connectivity index (χ3n) is 2.66. The fourth-order valence-corrected chi connectivity index (χ4v) is 1.79. The van der Waals surface area contributed by atoms with E-state index >= 15 is 0 Å². The zero-order valence-electron chi connectivity index (χ0n) is 12.1. The Hall–Kier alpha value is -2.16. The van der Waals surface area contributed by atoms with Gasteiger partial charge in [-0.15, -0.1) is 0 Å². The van der Waals surface area contributed by atoms with Crippen LogP contribution in [0, 0.1) is 0 Å². The van der Waals surface area contributed by atoms with Gasteiger partial charge in [0.15, 0.2) is 17.6 Å². The van der Waals surface area contributed by atoms with E-state index in [1.54, 1.807) is 0 Å². The molecule has 0 aliphatic carbocycles. The molecule has 1 rings (SSSR count). The van der Waals surface area contributed by atoms with Crippen molar-refractivity contribution in [1.82, 2.24) is 0 Å². The van der Waals surface area contributed by atoms with Crippen molar-refractivity contribution in [3.63, 3.8) is 0 Å². The van der Waals surface area contributed by atoms with Crippen LogP contribution in [0.15, 0.2) is 12.1 Å². The van der Waals surface area contributed by atoms with Crippen LogP contribution in [0.5, 0.6) is 17.2 Å². The van der Waals surface area contributed by atoms with Crippen molar-refractivity contribution in [3.8, 4) is 17.2 Å². The van der Waals surface area contributed by atoms with Crippen LogP contribution in [-0.2, 0) is 9.53 Å². The topological polar surface area (TPSA) is 74.2 Å². The Labute approximate surface area is 124 Å². The minimum absolute atomic E-state index is 0.00465. The normalized spacial score (nSPS) is 12.6. The Balaban J connectivity index is 3.32. The molecular weight excluding hydrogens is 309 g/mol. The SMILES string of the molecule is COc1cc(C(OCC(=O)O)C(F)(F)F)cc(OC)c1OC. The third kappa shape index (κ3) is 4.17. The minimum Gasteiger partial charge on any atom is -0.493 e. The number of halogens is 3. The van der Waals surface area contributed by atoms with Crippen LogP contribution in [0.4, 0.5) is 13.2 Å². The number of hydrogen-bond acceptors (Lipinski definition) is 5. The van der Waals surface area contributed by atoms with Crippen molar-refractivity contribution in [1.29, 1.82) is 0 Å². The van der Waals surface area contributed by atoms with E-state index < -0.39 is 24.9 Å². The summed E-state index contributed by atoms with van der Waals surface area (Å²) in [5.41, 5.74) is -0.358. The lowest BCUT2D eigenvalue weighted by Crippen LogP contribution is -2.26. The molecule has 0 fully saturated rings. The second kappa shape index (κ2) is 7.21. The smallest absolute Gasteiger partial charge is 0.418 e. The zero-order chi connectivity index (χ0) is 16.9. The van der Waals surface area contributed by atoms with Crippen LogP contribution >= 0.6 is 0 Å². The van der Waals surface area contributed by atoms with Gasteiger partial charge in [-0.25, -0.2) is 4.79 Å². The summed E-state index contributed by atoms with van der Waals surface area (Å²) in [4.78, 5) is 10.4. The van der Waals surface area contributed by atoms with E-state index in [0.717, 1.165) is 12.1 Å². The van der Waals surface area contributed by atoms with Crippen molar-refractivity contribution < 1.29 is 42.0 Å². The van der Waals surface area contributed by atoms with Crippen molar-refractivity contribution >= 4 is 5.97 Å². The Kier molecular flexibility index (Phi) is 5.86. The van der Waals surface area contributed by atoms with Crippen molar-refractivity contribution in [2.75, 3.05) is 27.9 Å². The Morgan fingerprint density at radius 1 is 1.14 bits per heavy atom. The quantitative estimate of drug-likeness (QED) is 0.830. The van der Waals surface area contributed by atoms with Gasteiger partial charge in [0.25, 0.3) is 0 Å². The maximum Gasteiger partial charge on any atom is 0.418 e. The molecule has 0 heterocycles. The molecule has 1 atom stereocenters. The van der Waals surface area contributed by atoms with E-state index in [4.69, 9.17) is 19.3 Å². The van der Waals surface area contributed by atoms with Crippen LogP contribution in [0.3, 0.4) is 0 Å². The summed E-state index contributed by atoms with van der Waals surface area (Å²) in [6.07, 6.45) is -7.24. The molecule has 1 N–H and O–H groups in total. The number of rotatable bonds is 7. The number of carbonyl (C=O) groups is 1. The van der Waals surface area contributed by atoms with Crippen molar-refractivity contribution in [3.05, 3.63) is 17.7 Å². The molecule has 1 aromatic rings. The summed E-state index contributed by atoms with van der Waals surface area (Å²) < 4.78 is 58.6. The lowest BCUT2D eigenvalue weighted by molar-refractivity contribution is -0.225. The lowest BCUT2D eigenvalue weighted by atomic mass is 10.1. The second-order valence-electron chi connectivity index (χ2n) is 4.09. The number of alkyl halides is 3. The number of ether oxygens (including phenoxy) is 4. The van der Waals surface area contributed by atoms with Gasteiger partial charge in [0.05, 0.1) is 21.3 Å². The third-order valence-corrected chi connectivity index (χ3v) is 2.66. The summed E-state index contributed by atoms with van der Waals surface area (Å²) in [5.74, 6) is -1.38. The molecular formula is C13H15F3O6. The molecule has 1 unspecified atom stereocenters. The number of benzene rings is 1. The highest BCUT2D eigenvalue weighted by Crippen LogP contribution is 2.44. The van der Waals surface area contributed by atoms with Gasteiger partial charge < -0.3 is 24.1 Å². The van der Waals surface area contributed by atoms with Gasteiger partial charge in [-0.1, -0.05) is 0 Å². The van der Waals surface area contributed by atoms with Gasteiger partial charge in [-0.3, -0.25) is 0 Å². The largest absolute Gasteiger partial charge is 0.493 e. The Morgan fingerprint density at radius 3 is 1.95 bits per heavy atom. The first-order chi connectivity index (χ1) is 10.2. The molecule has 9 heteroatoms. The van der Waals surface area contributed by atoms with Crippen LogP contribution in [0.2, 0.25) is 0 Å². The summed E-state index contributed by atoms with van der Waals surface area (Å²) in [6.45, 7) is -1.10. The molecule has 0 saturated carbocycles. The number of aliphatic carboxylic acids is 1.